The molecule has 0 spiro atoms. The molecule has 0 fully saturated rings. The van der Waals surface area contributed by atoms with Crippen LogP contribution in [0.15, 0.2) is 42.1 Å². The van der Waals surface area contributed by atoms with Crippen LogP contribution in [-0.2, 0) is 5.41 Å². The number of hydrogen-bond donors (Lipinski definition) is 1. The van der Waals surface area contributed by atoms with Crippen molar-refractivity contribution in [3.8, 4) is 5.88 Å². The van der Waals surface area contributed by atoms with E-state index in [2.05, 4.69) is 33.7 Å². The van der Waals surface area contributed by atoms with Crippen molar-refractivity contribution in [3.63, 3.8) is 0 Å². The molecule has 2 atom stereocenters. The summed E-state index contributed by atoms with van der Waals surface area (Å²) in [4.78, 5) is 13.4. The van der Waals surface area contributed by atoms with E-state index >= 15 is 0 Å². The van der Waals surface area contributed by atoms with E-state index in [1.54, 1.807) is 18.7 Å². The number of pyridine rings is 1. The van der Waals surface area contributed by atoms with Gasteiger partial charge in [-0.1, -0.05) is 31.2 Å². The van der Waals surface area contributed by atoms with E-state index in [-0.39, 0.29) is 11.0 Å². The molecule has 9 heteroatoms. The monoisotopic (exact) mass is 460 g/mol. The van der Waals surface area contributed by atoms with E-state index < -0.39 is 23.8 Å². The lowest BCUT2D eigenvalue weighted by molar-refractivity contribution is 0.146. The Balaban J connectivity index is 1.78. The molecule has 0 saturated heterocycles. The molecule has 2 aromatic heterocycles. The van der Waals surface area contributed by atoms with Crippen LogP contribution in [0, 0.1) is 5.82 Å². The molecule has 0 bridgehead atoms. The van der Waals surface area contributed by atoms with Crippen LogP contribution in [0.1, 0.15) is 49.6 Å². The lowest BCUT2D eigenvalue weighted by Crippen LogP contribution is -2.23. The van der Waals surface area contributed by atoms with Crippen LogP contribution in [0.25, 0.3) is 10.9 Å². The first-order valence-corrected chi connectivity index (χ1v) is 11.2. The summed E-state index contributed by atoms with van der Waals surface area (Å²) in [5.74, 6) is 0.874. The number of thioether (sulfide) groups is 1. The largest absolute Gasteiger partial charge is 0.479 e. The molecule has 1 aliphatic heterocycles. The highest BCUT2D eigenvalue weighted by Crippen LogP contribution is 2.38. The van der Waals surface area contributed by atoms with E-state index in [9.17, 15) is 13.2 Å². The summed E-state index contributed by atoms with van der Waals surface area (Å²) in [5.41, 5.74) is 0.570. The molecule has 3 heterocycles. The van der Waals surface area contributed by atoms with Gasteiger partial charge in [0.15, 0.2) is 0 Å². The predicted octanol–water partition coefficient (Wildman–Crippen LogP) is 6.19. The maximum absolute atomic E-state index is 14.7. The van der Waals surface area contributed by atoms with Gasteiger partial charge in [-0.05, 0) is 30.6 Å². The first-order valence-electron chi connectivity index (χ1n) is 10.2. The molecule has 5 nitrogen and oxygen atoms in total. The number of rotatable bonds is 6. The van der Waals surface area contributed by atoms with Gasteiger partial charge in [0.05, 0.1) is 29.8 Å². The van der Waals surface area contributed by atoms with Crippen LogP contribution in [-0.4, -0.2) is 27.8 Å². The van der Waals surface area contributed by atoms with Gasteiger partial charge >= 0.3 is 0 Å². The Kier molecular flexibility index (Phi) is 6.28. The fourth-order valence-corrected chi connectivity index (χ4v) is 4.85. The zero-order valence-electron chi connectivity index (χ0n) is 17.9. The average Bonchev–Trinajstić information content (AvgIpc) is 2.79. The van der Waals surface area contributed by atoms with E-state index in [1.807, 2.05) is 6.07 Å². The summed E-state index contributed by atoms with van der Waals surface area (Å²) in [7, 11) is 1.53. The molecule has 2 unspecified atom stereocenters. The van der Waals surface area contributed by atoms with Gasteiger partial charge < -0.3 is 10.1 Å². The minimum Gasteiger partial charge on any atom is -0.479 e. The standard InChI is InChI=1S/C23H23F3N4OS/c1-13(14-5-4-6-15(18(14)24)20(25)26)29-21-16-11-17(23(2)7-9-32-10-8-23)30-22(31-3)19(16)27-12-28-21/h4-7,9,11-13,20H,8,10H2,1-3H3,(H,27,28,29). The van der Waals surface area contributed by atoms with Crippen LogP contribution in [0.5, 0.6) is 5.88 Å². The number of halogens is 3. The number of allylic oxidation sites excluding steroid dienone is 1. The molecular formula is C23H23F3N4OS. The summed E-state index contributed by atoms with van der Waals surface area (Å²) in [6, 6.07) is 5.31. The Morgan fingerprint density at radius 2 is 2.00 bits per heavy atom. The van der Waals surface area contributed by atoms with Crippen molar-refractivity contribution in [1.29, 1.82) is 0 Å². The normalized spacial score (nSPS) is 19.3. The Bertz CT molecular complexity index is 1170. The number of fused-ring (bicyclic) bond motifs is 1. The van der Waals surface area contributed by atoms with E-state index in [0.717, 1.165) is 23.9 Å². The van der Waals surface area contributed by atoms with Gasteiger partial charge in [0.2, 0.25) is 5.88 Å². The third kappa shape index (κ3) is 4.13. The lowest BCUT2D eigenvalue weighted by atomic mass is 9.83. The van der Waals surface area contributed by atoms with Crippen LogP contribution >= 0.6 is 11.8 Å². The SMILES string of the molecule is COc1nc(C2(C)C=CSCC2)cc2c(NC(C)c3cccc(C(F)F)c3F)ncnc12. The van der Waals surface area contributed by atoms with Crippen LogP contribution in [0.3, 0.4) is 0 Å². The van der Waals surface area contributed by atoms with Crippen LogP contribution in [0.4, 0.5) is 19.0 Å². The number of anilines is 1. The number of hydrogen-bond acceptors (Lipinski definition) is 6. The summed E-state index contributed by atoms with van der Waals surface area (Å²) < 4.78 is 46.5. The second kappa shape index (κ2) is 8.97. The third-order valence-electron chi connectivity index (χ3n) is 5.75. The van der Waals surface area contributed by atoms with E-state index in [4.69, 9.17) is 9.72 Å². The molecule has 32 heavy (non-hydrogen) atoms. The maximum Gasteiger partial charge on any atom is 0.266 e. The number of nitrogens with one attached hydrogen (secondary N) is 1. The number of ether oxygens (including phenoxy) is 1. The highest BCUT2D eigenvalue weighted by molar-refractivity contribution is 8.02. The van der Waals surface area contributed by atoms with Crippen LogP contribution < -0.4 is 10.1 Å². The molecule has 0 aliphatic carbocycles. The fraction of sp³-hybridized carbons (Fsp3) is 0.348. The Morgan fingerprint density at radius 3 is 2.69 bits per heavy atom. The van der Waals surface area contributed by atoms with Crippen molar-refractivity contribution >= 4 is 28.5 Å². The van der Waals surface area contributed by atoms with Gasteiger partial charge in [-0.25, -0.2) is 28.1 Å². The van der Waals surface area contributed by atoms with Gasteiger partial charge in [0.25, 0.3) is 6.43 Å². The topological polar surface area (TPSA) is 59.9 Å². The van der Waals surface area contributed by atoms with Crippen molar-refractivity contribution in [2.75, 3.05) is 18.2 Å². The zero-order chi connectivity index (χ0) is 22.9. The summed E-state index contributed by atoms with van der Waals surface area (Å²) >= 11 is 1.75. The third-order valence-corrected chi connectivity index (χ3v) is 6.52. The molecule has 1 N–H and O–H groups in total. The molecule has 4 rings (SSSR count). The molecular weight excluding hydrogens is 437 g/mol. The number of aromatic nitrogens is 3. The van der Waals surface area contributed by atoms with E-state index in [0.29, 0.717) is 22.6 Å². The summed E-state index contributed by atoms with van der Waals surface area (Å²) in [5, 5.41) is 5.90. The molecule has 0 amide bonds. The molecule has 3 aromatic rings. The Labute approximate surface area is 188 Å². The van der Waals surface area contributed by atoms with Crippen molar-refractivity contribution in [2.24, 2.45) is 0 Å². The summed E-state index contributed by atoms with van der Waals surface area (Å²) in [6.07, 6.45) is 1.52. The minimum absolute atomic E-state index is 0.134. The van der Waals surface area contributed by atoms with Crippen molar-refractivity contribution in [3.05, 3.63) is 64.7 Å². The maximum atomic E-state index is 14.7. The Morgan fingerprint density at radius 1 is 1.22 bits per heavy atom. The van der Waals surface area contributed by atoms with Gasteiger partial charge in [0, 0.05) is 11.0 Å². The van der Waals surface area contributed by atoms with Gasteiger partial charge in [0.1, 0.15) is 23.5 Å². The molecule has 168 valence electrons. The number of alkyl halides is 2. The lowest BCUT2D eigenvalue weighted by Gasteiger charge is -2.28. The van der Waals surface area contributed by atoms with Crippen molar-refractivity contribution < 1.29 is 17.9 Å². The number of methoxy groups -OCH3 is 1. The highest BCUT2D eigenvalue weighted by Gasteiger charge is 2.29. The van der Waals surface area contributed by atoms with Gasteiger partial charge in [-0.15, -0.1) is 11.8 Å². The first-order chi connectivity index (χ1) is 15.3. The molecule has 0 saturated carbocycles. The quantitative estimate of drug-likeness (QED) is 0.473. The smallest absolute Gasteiger partial charge is 0.266 e. The van der Waals surface area contributed by atoms with Crippen molar-refractivity contribution in [2.45, 2.75) is 38.2 Å². The zero-order valence-corrected chi connectivity index (χ0v) is 18.7. The summed E-state index contributed by atoms with van der Waals surface area (Å²) in [6.45, 7) is 3.81. The van der Waals surface area contributed by atoms with Crippen molar-refractivity contribution in [1.82, 2.24) is 15.0 Å². The molecule has 0 radical (unpaired) electrons. The van der Waals surface area contributed by atoms with E-state index in [1.165, 1.54) is 25.6 Å². The van der Waals surface area contributed by atoms with Gasteiger partial charge in [-0.3, -0.25) is 0 Å². The average molecular weight is 461 g/mol. The number of nitrogens with zero attached hydrogens (tertiary/aromatic N) is 3. The first kappa shape index (κ1) is 22.4. The number of benzene rings is 1. The predicted molar refractivity (Wildman–Crippen MR) is 121 cm³/mol. The second-order valence-electron chi connectivity index (χ2n) is 7.89. The molecule has 1 aliphatic rings. The minimum atomic E-state index is -2.89. The Hall–Kier alpha value is -2.81. The van der Waals surface area contributed by atoms with Gasteiger partial charge in [-0.2, -0.15) is 0 Å². The molecule has 1 aromatic carbocycles. The fourth-order valence-electron chi connectivity index (χ4n) is 3.77. The second-order valence-corrected chi connectivity index (χ2v) is 8.91. The van der Waals surface area contributed by atoms with Crippen LogP contribution in [0.2, 0.25) is 0 Å². The highest BCUT2D eigenvalue weighted by atomic mass is 32.2.